The maximum atomic E-state index is 13.6. The number of hydrogen-bond acceptors (Lipinski definition) is 2. The zero-order chi connectivity index (χ0) is 15.3. The van der Waals surface area contributed by atoms with E-state index in [1.807, 2.05) is 19.9 Å². The summed E-state index contributed by atoms with van der Waals surface area (Å²) in [6, 6.07) is 2.81. The maximum absolute atomic E-state index is 13.6. The molecule has 0 unspecified atom stereocenters. The Morgan fingerprint density at radius 1 is 1.30 bits per heavy atom. The molecule has 1 rings (SSSR count). The highest BCUT2D eigenvalue weighted by atomic mass is 19.1. The molecule has 20 heavy (non-hydrogen) atoms. The summed E-state index contributed by atoms with van der Waals surface area (Å²) in [5, 5.41) is 8.56. The third-order valence-corrected chi connectivity index (χ3v) is 2.59. The Balaban J connectivity index is 3.09. The summed E-state index contributed by atoms with van der Waals surface area (Å²) in [5.74, 6) is -4.35. The van der Waals surface area contributed by atoms with Crippen molar-refractivity contribution in [3.05, 3.63) is 35.1 Å². The van der Waals surface area contributed by atoms with Crippen LogP contribution in [0.1, 0.15) is 30.6 Å². The van der Waals surface area contributed by atoms with Gasteiger partial charge in [0.1, 0.15) is 23.0 Å². The molecule has 0 atom stereocenters. The van der Waals surface area contributed by atoms with Crippen LogP contribution < -0.4 is 0 Å². The van der Waals surface area contributed by atoms with E-state index < -0.39 is 28.9 Å². The van der Waals surface area contributed by atoms with Crippen molar-refractivity contribution in [2.45, 2.75) is 20.3 Å². The number of hydrogen-bond donors (Lipinski definition) is 0. The molecule has 0 saturated heterocycles. The van der Waals surface area contributed by atoms with Crippen molar-refractivity contribution in [1.82, 2.24) is 4.90 Å². The Kier molecular flexibility index (Phi) is 5.56. The molecule has 1 aromatic rings. The molecule has 6 heteroatoms. The number of benzene rings is 1. The molecule has 1 amide bonds. The number of amides is 1. The van der Waals surface area contributed by atoms with E-state index in [1.54, 1.807) is 0 Å². The minimum atomic E-state index is -1.24. The highest BCUT2D eigenvalue weighted by molar-refractivity contribution is 5.94. The van der Waals surface area contributed by atoms with Crippen molar-refractivity contribution in [3.63, 3.8) is 0 Å². The summed E-state index contributed by atoms with van der Waals surface area (Å²) < 4.78 is 40.0. The molecule has 0 aliphatic heterocycles. The van der Waals surface area contributed by atoms with Crippen molar-refractivity contribution >= 4 is 5.91 Å². The van der Waals surface area contributed by atoms with Crippen molar-refractivity contribution in [3.8, 4) is 6.07 Å². The van der Waals surface area contributed by atoms with Gasteiger partial charge in [0, 0.05) is 25.2 Å². The third-order valence-electron chi connectivity index (χ3n) is 2.59. The highest BCUT2D eigenvalue weighted by Gasteiger charge is 2.24. The van der Waals surface area contributed by atoms with Gasteiger partial charge in [0.2, 0.25) is 0 Å². The Morgan fingerprint density at radius 3 is 2.30 bits per heavy atom. The molecular weight excluding hydrogens is 269 g/mol. The van der Waals surface area contributed by atoms with Crippen LogP contribution in [0.5, 0.6) is 0 Å². The second kappa shape index (κ2) is 6.94. The second-order valence-corrected chi connectivity index (χ2v) is 4.80. The van der Waals surface area contributed by atoms with Gasteiger partial charge in [-0.2, -0.15) is 5.26 Å². The first kappa shape index (κ1) is 16.0. The highest BCUT2D eigenvalue weighted by Crippen LogP contribution is 2.18. The predicted octanol–water partition coefficient (Wildman–Crippen LogP) is 3.12. The molecule has 3 nitrogen and oxygen atoms in total. The minimum absolute atomic E-state index is 0.0584. The van der Waals surface area contributed by atoms with Crippen LogP contribution in [0.15, 0.2) is 12.1 Å². The molecule has 0 aliphatic rings. The van der Waals surface area contributed by atoms with Gasteiger partial charge in [-0.3, -0.25) is 4.79 Å². The molecule has 0 radical (unpaired) electrons. The number of carbonyl (C=O) groups excluding carboxylic acids is 1. The van der Waals surface area contributed by atoms with Gasteiger partial charge >= 0.3 is 0 Å². The number of nitrogens with zero attached hydrogens (tertiary/aromatic N) is 2. The maximum Gasteiger partial charge on any atom is 0.259 e. The summed E-state index contributed by atoms with van der Waals surface area (Å²) in [4.78, 5) is 13.4. The molecule has 108 valence electrons. The fourth-order valence-corrected chi connectivity index (χ4v) is 1.81. The van der Waals surface area contributed by atoms with Crippen LogP contribution in [-0.2, 0) is 0 Å². The smallest absolute Gasteiger partial charge is 0.259 e. The van der Waals surface area contributed by atoms with Gasteiger partial charge in [0.05, 0.1) is 12.5 Å². The van der Waals surface area contributed by atoms with Gasteiger partial charge in [-0.1, -0.05) is 13.8 Å². The topological polar surface area (TPSA) is 44.1 Å². The number of rotatable bonds is 5. The lowest BCUT2D eigenvalue weighted by atomic mass is 10.1. The van der Waals surface area contributed by atoms with Gasteiger partial charge in [-0.15, -0.1) is 0 Å². The summed E-state index contributed by atoms with van der Waals surface area (Å²) in [7, 11) is 0. The van der Waals surface area contributed by atoms with Gasteiger partial charge in [-0.25, -0.2) is 13.2 Å². The largest absolute Gasteiger partial charge is 0.337 e. The first-order chi connectivity index (χ1) is 9.36. The van der Waals surface area contributed by atoms with E-state index in [9.17, 15) is 18.0 Å². The zero-order valence-corrected chi connectivity index (χ0v) is 11.3. The normalized spacial score (nSPS) is 10.4. The zero-order valence-electron chi connectivity index (χ0n) is 11.3. The molecule has 0 aromatic heterocycles. The molecule has 0 N–H and O–H groups in total. The van der Waals surface area contributed by atoms with E-state index in [0.29, 0.717) is 12.1 Å². The Bertz CT molecular complexity index is 515. The Morgan fingerprint density at radius 2 is 1.85 bits per heavy atom. The number of carbonyl (C=O) groups is 1. The first-order valence-corrected chi connectivity index (χ1v) is 6.17. The lowest BCUT2D eigenvalue weighted by Gasteiger charge is -2.24. The van der Waals surface area contributed by atoms with Crippen molar-refractivity contribution in [1.29, 1.82) is 5.26 Å². The average molecular weight is 284 g/mol. The number of halogens is 3. The molecule has 0 saturated carbocycles. The van der Waals surface area contributed by atoms with Crippen LogP contribution in [0.2, 0.25) is 0 Å². The van der Waals surface area contributed by atoms with Gasteiger partial charge < -0.3 is 4.90 Å². The Labute approximate surface area is 115 Å². The predicted molar refractivity (Wildman–Crippen MR) is 67.3 cm³/mol. The van der Waals surface area contributed by atoms with Crippen LogP contribution >= 0.6 is 0 Å². The first-order valence-electron chi connectivity index (χ1n) is 6.17. The summed E-state index contributed by atoms with van der Waals surface area (Å²) in [6.45, 7) is 4.01. The van der Waals surface area contributed by atoms with Crippen molar-refractivity contribution in [2.24, 2.45) is 5.92 Å². The quantitative estimate of drug-likeness (QED) is 0.834. The lowest BCUT2D eigenvalue weighted by molar-refractivity contribution is 0.0730. The number of nitriles is 1. The summed E-state index contributed by atoms with van der Waals surface area (Å²) in [6.07, 6.45) is 0.0584. The van der Waals surface area contributed by atoms with E-state index in [4.69, 9.17) is 5.26 Å². The van der Waals surface area contributed by atoms with Crippen LogP contribution in [0.25, 0.3) is 0 Å². The Hall–Kier alpha value is -2.03. The van der Waals surface area contributed by atoms with E-state index in [2.05, 4.69) is 0 Å². The van der Waals surface area contributed by atoms with Crippen LogP contribution in [0, 0.1) is 34.7 Å². The standard InChI is InChI=1S/C14H15F3N2O/c1-9(2)8-19(5-3-4-18)14(20)13-11(16)6-10(15)7-12(13)17/h6-7,9H,3,5,8H2,1-2H3. The van der Waals surface area contributed by atoms with Crippen LogP contribution in [0.4, 0.5) is 13.2 Å². The molecule has 0 spiro atoms. The van der Waals surface area contributed by atoms with E-state index in [-0.39, 0.29) is 25.4 Å². The molecule has 1 aromatic carbocycles. The molecular formula is C14H15F3N2O. The third kappa shape index (κ3) is 3.98. The molecule has 0 fully saturated rings. The van der Waals surface area contributed by atoms with E-state index in [0.717, 1.165) is 0 Å². The summed E-state index contributed by atoms with van der Waals surface area (Å²) in [5.41, 5.74) is -0.787. The fourth-order valence-electron chi connectivity index (χ4n) is 1.81. The van der Waals surface area contributed by atoms with Gasteiger partial charge in [-0.05, 0) is 5.92 Å². The van der Waals surface area contributed by atoms with Crippen LogP contribution in [0.3, 0.4) is 0 Å². The average Bonchev–Trinajstić information content (AvgIpc) is 2.32. The molecule has 0 heterocycles. The van der Waals surface area contributed by atoms with E-state index in [1.165, 1.54) is 4.90 Å². The lowest BCUT2D eigenvalue weighted by Crippen LogP contribution is -2.36. The van der Waals surface area contributed by atoms with Crippen LogP contribution in [-0.4, -0.2) is 23.9 Å². The monoisotopic (exact) mass is 284 g/mol. The second-order valence-electron chi connectivity index (χ2n) is 4.80. The van der Waals surface area contributed by atoms with E-state index >= 15 is 0 Å². The minimum Gasteiger partial charge on any atom is -0.337 e. The fraction of sp³-hybridized carbons (Fsp3) is 0.429. The summed E-state index contributed by atoms with van der Waals surface area (Å²) >= 11 is 0. The van der Waals surface area contributed by atoms with Gasteiger partial charge in [0.15, 0.2) is 0 Å². The van der Waals surface area contributed by atoms with Crippen molar-refractivity contribution in [2.75, 3.05) is 13.1 Å². The van der Waals surface area contributed by atoms with Gasteiger partial charge in [0.25, 0.3) is 5.91 Å². The SMILES string of the molecule is CC(C)CN(CCC#N)C(=O)c1c(F)cc(F)cc1F. The molecule has 0 bridgehead atoms. The van der Waals surface area contributed by atoms with Crippen molar-refractivity contribution < 1.29 is 18.0 Å². The molecule has 0 aliphatic carbocycles.